The van der Waals surface area contributed by atoms with Gasteiger partial charge >= 0.3 is 6.03 Å². The van der Waals surface area contributed by atoms with Gasteiger partial charge in [-0.1, -0.05) is 36.4 Å². The largest absolute Gasteiger partial charge is 0.494 e. The maximum Gasteiger partial charge on any atom is 0.335 e. The number of nitrogens with one attached hydrogen (secondary N) is 3. The third kappa shape index (κ3) is 5.99. The van der Waals surface area contributed by atoms with Crippen LogP contribution in [0, 0.1) is 0 Å². The van der Waals surface area contributed by atoms with E-state index in [9.17, 15) is 13.2 Å². The van der Waals surface area contributed by atoms with Crippen molar-refractivity contribution in [1.82, 2.24) is 10.5 Å². The number of hydrogen-bond acceptors (Lipinski definition) is 7. The van der Waals surface area contributed by atoms with Crippen LogP contribution in [0.15, 0.2) is 66.7 Å². The van der Waals surface area contributed by atoms with E-state index in [2.05, 4.69) is 15.8 Å². The Labute approximate surface area is 190 Å². The fourth-order valence-electron chi connectivity index (χ4n) is 3.18. The summed E-state index contributed by atoms with van der Waals surface area (Å²) in [6.45, 7) is 0. The summed E-state index contributed by atoms with van der Waals surface area (Å²) < 4.78 is 30.9. The number of primary amides is 1. The molecule has 33 heavy (non-hydrogen) atoms. The monoisotopic (exact) mass is 469 g/mol. The summed E-state index contributed by atoms with van der Waals surface area (Å²) in [5.41, 5.74) is 9.32. The number of urea groups is 1. The molecule has 1 heterocycles. The van der Waals surface area contributed by atoms with Crippen LogP contribution in [-0.2, 0) is 10.0 Å². The minimum absolute atomic E-state index is 0.439. The predicted octanol–water partition coefficient (Wildman–Crippen LogP) is 3.56. The molecule has 2 amide bonds. The van der Waals surface area contributed by atoms with E-state index >= 15 is 0 Å². The lowest BCUT2D eigenvalue weighted by Crippen LogP contribution is -2.25. The molecule has 0 unspecified atom stereocenters. The smallest absolute Gasteiger partial charge is 0.335 e. The Bertz CT molecular complexity index is 1360. The molecule has 0 atom stereocenters. The fourth-order valence-corrected chi connectivity index (χ4v) is 3.74. The van der Waals surface area contributed by atoms with Crippen LogP contribution >= 0.6 is 0 Å². The van der Waals surface area contributed by atoms with Crippen LogP contribution in [0.1, 0.15) is 0 Å². The van der Waals surface area contributed by atoms with Crippen LogP contribution in [0.5, 0.6) is 5.75 Å². The SMILES string of the molecule is COc1cc(NS(C)(=O)=O)ccc1Nc1c2ccccc2nc2ccccc12.NC(=O)NO. The number of carbonyl (C=O) groups excluding carboxylic acids is 1. The van der Waals surface area contributed by atoms with Gasteiger partial charge in [-0.3, -0.25) is 9.93 Å². The zero-order valence-corrected chi connectivity index (χ0v) is 18.7. The fraction of sp³-hybridized carbons (Fsp3) is 0.0909. The molecule has 4 rings (SSSR count). The molecule has 0 saturated heterocycles. The van der Waals surface area contributed by atoms with Crippen LogP contribution in [0.25, 0.3) is 21.8 Å². The maximum absolute atomic E-state index is 11.5. The molecule has 3 aromatic carbocycles. The molecule has 0 saturated carbocycles. The highest BCUT2D eigenvalue weighted by Gasteiger charge is 2.12. The first-order chi connectivity index (χ1) is 15.7. The first-order valence-electron chi connectivity index (χ1n) is 9.61. The average molecular weight is 470 g/mol. The van der Waals surface area contributed by atoms with Gasteiger partial charge in [0.2, 0.25) is 10.0 Å². The van der Waals surface area contributed by atoms with Gasteiger partial charge in [-0.25, -0.2) is 23.7 Å². The van der Waals surface area contributed by atoms with Crippen molar-refractivity contribution in [2.75, 3.05) is 23.4 Å². The molecule has 6 N–H and O–H groups in total. The highest BCUT2D eigenvalue weighted by Crippen LogP contribution is 2.37. The maximum atomic E-state index is 11.5. The molecule has 0 aliphatic carbocycles. The topological polar surface area (TPSA) is 156 Å². The highest BCUT2D eigenvalue weighted by molar-refractivity contribution is 7.92. The lowest BCUT2D eigenvalue weighted by molar-refractivity contribution is 0.169. The summed E-state index contributed by atoms with van der Waals surface area (Å²) in [6, 6.07) is 20.0. The number of anilines is 3. The second kappa shape index (κ2) is 10.0. The van der Waals surface area contributed by atoms with Crippen LogP contribution < -0.4 is 26.0 Å². The number of hydroxylamine groups is 1. The number of carbonyl (C=O) groups is 1. The Morgan fingerprint density at radius 2 is 1.55 bits per heavy atom. The lowest BCUT2D eigenvalue weighted by atomic mass is 10.1. The van der Waals surface area contributed by atoms with Gasteiger partial charge in [-0.15, -0.1) is 0 Å². The van der Waals surface area contributed by atoms with Crippen molar-refractivity contribution in [3.63, 3.8) is 0 Å². The molecule has 172 valence electrons. The number of methoxy groups -OCH3 is 1. The van der Waals surface area contributed by atoms with Crippen LogP contribution in [0.3, 0.4) is 0 Å². The number of nitrogens with zero attached hydrogens (tertiary/aromatic N) is 1. The Morgan fingerprint density at radius 1 is 1.00 bits per heavy atom. The van der Waals surface area contributed by atoms with E-state index < -0.39 is 16.1 Å². The Hall–Kier alpha value is -4.09. The number of benzene rings is 3. The number of fused-ring (bicyclic) bond motifs is 2. The van der Waals surface area contributed by atoms with Crippen molar-refractivity contribution in [1.29, 1.82) is 0 Å². The summed E-state index contributed by atoms with van der Waals surface area (Å²) in [4.78, 5) is 14.0. The van der Waals surface area contributed by atoms with E-state index in [1.807, 2.05) is 48.5 Å². The first-order valence-corrected chi connectivity index (χ1v) is 11.5. The number of hydrogen-bond donors (Lipinski definition) is 5. The summed E-state index contributed by atoms with van der Waals surface area (Å²) >= 11 is 0. The zero-order chi connectivity index (χ0) is 24.0. The number of nitrogens with two attached hydrogens (primary N) is 1. The van der Waals surface area contributed by atoms with Gasteiger partial charge in [-0.05, 0) is 24.3 Å². The molecule has 0 aliphatic heterocycles. The Balaban J connectivity index is 0.000000555. The number of rotatable bonds is 5. The second-order valence-electron chi connectivity index (χ2n) is 6.91. The van der Waals surface area contributed by atoms with Crippen LogP contribution in [0.4, 0.5) is 21.9 Å². The van der Waals surface area contributed by atoms with Gasteiger partial charge in [-0.2, -0.15) is 0 Å². The second-order valence-corrected chi connectivity index (χ2v) is 8.66. The number of aromatic nitrogens is 1. The number of amides is 2. The number of pyridine rings is 1. The molecule has 11 heteroatoms. The van der Waals surface area contributed by atoms with E-state index in [1.54, 1.807) is 25.3 Å². The molecular weight excluding hydrogens is 446 g/mol. The lowest BCUT2D eigenvalue weighted by Gasteiger charge is -2.16. The van der Waals surface area contributed by atoms with Crippen molar-refractivity contribution in [3.05, 3.63) is 66.7 Å². The van der Waals surface area contributed by atoms with Crippen LogP contribution in [-0.4, -0.2) is 38.0 Å². The highest BCUT2D eigenvalue weighted by atomic mass is 32.2. The minimum Gasteiger partial charge on any atom is -0.494 e. The molecule has 0 radical (unpaired) electrons. The van der Waals surface area contributed by atoms with Gasteiger partial charge in [0.1, 0.15) is 5.75 Å². The van der Waals surface area contributed by atoms with Gasteiger partial charge in [0.25, 0.3) is 0 Å². The Morgan fingerprint density at radius 3 is 2.03 bits per heavy atom. The van der Waals surface area contributed by atoms with Crippen molar-refractivity contribution in [2.24, 2.45) is 5.73 Å². The number of sulfonamides is 1. The van der Waals surface area contributed by atoms with E-state index in [4.69, 9.17) is 14.9 Å². The van der Waals surface area contributed by atoms with Crippen molar-refractivity contribution >= 4 is 54.9 Å². The summed E-state index contributed by atoms with van der Waals surface area (Å²) in [7, 11) is -1.82. The number of ether oxygens (including phenoxy) is 1. The third-order valence-corrected chi connectivity index (χ3v) is 5.07. The summed E-state index contributed by atoms with van der Waals surface area (Å²) in [6.07, 6.45) is 1.11. The molecule has 10 nitrogen and oxygen atoms in total. The molecular formula is C22H23N5O5S. The quantitative estimate of drug-likeness (QED) is 0.170. The molecule has 0 fully saturated rings. The molecule has 0 spiro atoms. The van der Waals surface area contributed by atoms with Gasteiger partial charge in [0.05, 0.1) is 41.5 Å². The van der Waals surface area contributed by atoms with E-state index in [0.29, 0.717) is 11.4 Å². The van der Waals surface area contributed by atoms with Gasteiger partial charge < -0.3 is 15.8 Å². The van der Waals surface area contributed by atoms with Crippen molar-refractivity contribution < 1.29 is 23.2 Å². The van der Waals surface area contributed by atoms with Crippen molar-refractivity contribution in [3.8, 4) is 5.75 Å². The van der Waals surface area contributed by atoms with Crippen LogP contribution in [0.2, 0.25) is 0 Å². The summed E-state index contributed by atoms with van der Waals surface area (Å²) in [5.74, 6) is 0.527. The average Bonchev–Trinajstić information content (AvgIpc) is 2.79. The van der Waals surface area contributed by atoms with E-state index in [-0.39, 0.29) is 0 Å². The normalized spacial score (nSPS) is 10.8. The molecule has 0 aliphatic rings. The Kier molecular flexibility index (Phi) is 7.16. The molecule has 1 aromatic heterocycles. The van der Waals surface area contributed by atoms with E-state index in [1.165, 1.54) is 5.48 Å². The van der Waals surface area contributed by atoms with Gasteiger partial charge in [0, 0.05) is 16.8 Å². The third-order valence-electron chi connectivity index (χ3n) is 4.46. The van der Waals surface area contributed by atoms with Crippen molar-refractivity contribution in [2.45, 2.75) is 0 Å². The first kappa shape index (κ1) is 23.6. The molecule has 0 bridgehead atoms. The van der Waals surface area contributed by atoms with Gasteiger partial charge in [0.15, 0.2) is 0 Å². The number of para-hydroxylation sites is 2. The minimum atomic E-state index is -3.37. The standard InChI is InChI=1S/C21H19N3O3S.CH4N2O2/c1-27-20-13-14(24-28(2,25)26)11-12-19(20)23-21-15-7-3-5-9-17(15)22-18-10-6-4-8-16(18)21;2-1(4)3-5/h3-13,24H,1-2H3,(H,22,23);5H,(H3,2,3,4). The zero-order valence-electron chi connectivity index (χ0n) is 17.9. The van der Waals surface area contributed by atoms with E-state index in [0.717, 1.165) is 39.4 Å². The summed E-state index contributed by atoms with van der Waals surface area (Å²) in [5, 5.41) is 12.9. The predicted molar refractivity (Wildman–Crippen MR) is 128 cm³/mol. The molecule has 4 aromatic rings.